The third kappa shape index (κ3) is 3.39. The van der Waals surface area contributed by atoms with Crippen LogP contribution in [0.4, 0.5) is 10.1 Å². The molecule has 6 rings (SSSR count). The molecule has 3 heterocycles. The number of rotatable bonds is 5. The Kier molecular flexibility index (Phi) is 4.82. The second kappa shape index (κ2) is 7.51. The molecule has 30 heavy (non-hydrogen) atoms. The summed E-state index contributed by atoms with van der Waals surface area (Å²) in [5, 5.41) is 4.33. The fourth-order valence-corrected chi connectivity index (χ4v) is 5.78. The number of thiazole rings is 1. The van der Waals surface area contributed by atoms with Crippen molar-refractivity contribution >= 4 is 22.9 Å². The van der Waals surface area contributed by atoms with Crippen molar-refractivity contribution in [1.82, 2.24) is 9.88 Å². The predicted molar refractivity (Wildman–Crippen MR) is 118 cm³/mol. The molecule has 3 aromatic rings. The number of aryl methyl sites for hydroxylation is 1. The van der Waals surface area contributed by atoms with Crippen molar-refractivity contribution in [2.24, 2.45) is 5.92 Å². The van der Waals surface area contributed by atoms with Gasteiger partial charge in [0, 0.05) is 18.8 Å². The highest BCUT2D eigenvalue weighted by Crippen LogP contribution is 2.49. The van der Waals surface area contributed by atoms with Gasteiger partial charge in [-0.2, -0.15) is 0 Å². The molecule has 1 aromatic heterocycles. The minimum atomic E-state index is -0.246. The smallest absolute Gasteiger partial charge is 0.274 e. The predicted octanol–water partition coefficient (Wildman–Crippen LogP) is 5.36. The monoisotopic (exact) mass is 421 g/mol. The van der Waals surface area contributed by atoms with Gasteiger partial charge in [-0.25, -0.2) is 9.37 Å². The summed E-state index contributed by atoms with van der Waals surface area (Å²) in [6.07, 6.45) is 3.07. The fourth-order valence-electron chi connectivity index (χ4n) is 4.86. The first-order valence-electron chi connectivity index (χ1n) is 10.4. The van der Waals surface area contributed by atoms with Crippen LogP contribution in [0.25, 0.3) is 10.4 Å². The SMILES string of the molecule is Cc1nc(C(=O)N2CCC3CC2(CNc2ccc(F)cc2)C3)c(-c2ccccc2)s1. The number of halogens is 1. The summed E-state index contributed by atoms with van der Waals surface area (Å²) in [6.45, 7) is 3.39. The number of piperidine rings is 2. The summed E-state index contributed by atoms with van der Waals surface area (Å²) in [7, 11) is 0. The van der Waals surface area contributed by atoms with Gasteiger partial charge < -0.3 is 10.2 Å². The van der Waals surface area contributed by atoms with E-state index in [4.69, 9.17) is 0 Å². The highest BCUT2D eigenvalue weighted by Gasteiger charge is 2.54. The van der Waals surface area contributed by atoms with E-state index in [-0.39, 0.29) is 17.3 Å². The molecule has 1 saturated carbocycles. The van der Waals surface area contributed by atoms with Gasteiger partial charge in [0.05, 0.1) is 15.4 Å². The van der Waals surface area contributed by atoms with Crippen molar-refractivity contribution in [3.8, 4) is 10.4 Å². The van der Waals surface area contributed by atoms with E-state index < -0.39 is 0 Å². The number of aromatic nitrogens is 1. The third-order valence-corrected chi connectivity index (χ3v) is 7.37. The van der Waals surface area contributed by atoms with Crippen LogP contribution in [0, 0.1) is 18.7 Å². The number of benzene rings is 2. The molecule has 154 valence electrons. The lowest BCUT2D eigenvalue weighted by molar-refractivity contribution is -0.0489. The van der Waals surface area contributed by atoms with Crippen LogP contribution < -0.4 is 5.32 Å². The van der Waals surface area contributed by atoms with Gasteiger partial charge in [0.1, 0.15) is 11.5 Å². The van der Waals surface area contributed by atoms with Crippen LogP contribution in [0.3, 0.4) is 0 Å². The Labute approximate surface area is 179 Å². The standard InChI is InChI=1S/C24H24FN3OS/c1-16-27-21(22(30-16)18-5-3-2-4-6-18)23(29)28-12-11-17-13-24(28,14-17)15-26-20-9-7-19(25)8-10-20/h2-10,17,26H,11-15H2,1H3. The number of anilines is 1. The van der Waals surface area contributed by atoms with Crippen molar-refractivity contribution in [2.75, 3.05) is 18.4 Å². The number of nitrogens with zero attached hydrogens (tertiary/aromatic N) is 2. The van der Waals surface area contributed by atoms with Gasteiger partial charge in [-0.1, -0.05) is 30.3 Å². The van der Waals surface area contributed by atoms with Crippen molar-refractivity contribution in [1.29, 1.82) is 0 Å². The molecule has 0 atom stereocenters. The normalized spacial score (nSPS) is 22.5. The second-order valence-electron chi connectivity index (χ2n) is 8.38. The molecule has 1 amide bonds. The lowest BCUT2D eigenvalue weighted by Crippen LogP contribution is -2.67. The van der Waals surface area contributed by atoms with Crippen LogP contribution in [0.15, 0.2) is 54.6 Å². The Morgan fingerprint density at radius 3 is 2.67 bits per heavy atom. The first-order valence-corrected chi connectivity index (χ1v) is 11.2. The molecule has 6 heteroatoms. The van der Waals surface area contributed by atoms with Gasteiger partial charge in [0.2, 0.25) is 0 Å². The van der Waals surface area contributed by atoms with Crippen LogP contribution in [0.1, 0.15) is 34.8 Å². The first kappa shape index (κ1) is 19.2. The molecule has 2 saturated heterocycles. The molecule has 1 aliphatic carbocycles. The topological polar surface area (TPSA) is 45.2 Å². The largest absolute Gasteiger partial charge is 0.383 e. The average molecular weight is 422 g/mol. The number of carbonyl (C=O) groups is 1. The van der Waals surface area contributed by atoms with E-state index in [2.05, 4.69) is 10.3 Å². The molecule has 2 aliphatic heterocycles. The van der Waals surface area contributed by atoms with Crippen LogP contribution in [-0.2, 0) is 0 Å². The summed E-state index contributed by atoms with van der Waals surface area (Å²) < 4.78 is 13.2. The van der Waals surface area contributed by atoms with Gasteiger partial charge in [-0.15, -0.1) is 11.3 Å². The number of hydrogen-bond donors (Lipinski definition) is 1. The van der Waals surface area contributed by atoms with Gasteiger partial charge in [0.15, 0.2) is 0 Å². The van der Waals surface area contributed by atoms with E-state index in [1.807, 2.05) is 42.2 Å². The van der Waals surface area contributed by atoms with Crippen molar-refractivity contribution in [3.05, 3.63) is 71.1 Å². The van der Waals surface area contributed by atoms with Gasteiger partial charge in [0.25, 0.3) is 5.91 Å². The molecule has 0 spiro atoms. The molecule has 1 N–H and O–H groups in total. The summed E-state index contributed by atoms with van der Waals surface area (Å²) in [4.78, 5) is 21.3. The van der Waals surface area contributed by atoms with E-state index in [0.717, 1.165) is 46.9 Å². The molecule has 2 bridgehead atoms. The summed E-state index contributed by atoms with van der Waals surface area (Å²) in [5.41, 5.74) is 2.28. The maximum atomic E-state index is 13.7. The molecule has 0 unspecified atom stereocenters. The first-order chi connectivity index (χ1) is 14.5. The minimum absolute atomic E-state index is 0.0252. The van der Waals surface area contributed by atoms with E-state index in [1.165, 1.54) is 12.1 Å². The molecule has 3 fully saturated rings. The fraction of sp³-hybridized carbons (Fsp3) is 0.333. The number of carbonyl (C=O) groups excluding carboxylic acids is 1. The second-order valence-corrected chi connectivity index (χ2v) is 9.58. The van der Waals surface area contributed by atoms with Crippen LogP contribution in [0.5, 0.6) is 0 Å². The Bertz CT molecular complexity index is 1060. The molecular formula is C24H24FN3OS. The maximum absolute atomic E-state index is 13.7. The molecule has 3 aliphatic rings. The lowest BCUT2D eigenvalue weighted by Gasteiger charge is -2.59. The number of fused-ring (bicyclic) bond motifs is 2. The van der Waals surface area contributed by atoms with Crippen molar-refractivity contribution < 1.29 is 9.18 Å². The Hall–Kier alpha value is -2.73. The van der Waals surface area contributed by atoms with Gasteiger partial charge in [-0.05, 0) is 61.9 Å². The molecule has 2 aromatic carbocycles. The summed E-state index contributed by atoms with van der Waals surface area (Å²) in [5.74, 6) is 0.469. The van der Waals surface area contributed by atoms with Crippen molar-refractivity contribution in [3.63, 3.8) is 0 Å². The highest BCUT2D eigenvalue weighted by atomic mass is 32.1. The summed E-state index contributed by atoms with van der Waals surface area (Å²) >= 11 is 1.57. The van der Waals surface area contributed by atoms with Crippen molar-refractivity contribution in [2.45, 2.75) is 31.7 Å². The van der Waals surface area contributed by atoms with Gasteiger partial charge >= 0.3 is 0 Å². The number of nitrogens with one attached hydrogen (secondary N) is 1. The zero-order chi connectivity index (χ0) is 20.7. The van der Waals surface area contributed by atoms with Crippen LogP contribution in [-0.4, -0.2) is 34.4 Å². The average Bonchev–Trinajstić information content (AvgIpc) is 3.14. The quantitative estimate of drug-likeness (QED) is 0.603. The highest BCUT2D eigenvalue weighted by molar-refractivity contribution is 7.15. The Morgan fingerprint density at radius 1 is 1.20 bits per heavy atom. The summed E-state index contributed by atoms with van der Waals surface area (Å²) in [6, 6.07) is 16.4. The zero-order valence-corrected chi connectivity index (χ0v) is 17.7. The Balaban J connectivity index is 1.41. The third-order valence-electron chi connectivity index (χ3n) is 6.35. The maximum Gasteiger partial charge on any atom is 0.274 e. The number of hydrogen-bond acceptors (Lipinski definition) is 4. The van der Waals surface area contributed by atoms with Gasteiger partial charge in [-0.3, -0.25) is 4.79 Å². The molecular weight excluding hydrogens is 397 g/mol. The molecule has 0 radical (unpaired) electrons. The Morgan fingerprint density at radius 2 is 1.93 bits per heavy atom. The van der Waals surface area contributed by atoms with Crippen LogP contribution in [0.2, 0.25) is 0 Å². The van der Waals surface area contributed by atoms with E-state index in [9.17, 15) is 9.18 Å². The number of amides is 1. The van der Waals surface area contributed by atoms with E-state index in [1.54, 1.807) is 23.5 Å². The van der Waals surface area contributed by atoms with E-state index >= 15 is 0 Å². The zero-order valence-electron chi connectivity index (χ0n) is 16.9. The van der Waals surface area contributed by atoms with Crippen LogP contribution >= 0.6 is 11.3 Å². The van der Waals surface area contributed by atoms with E-state index in [0.29, 0.717) is 18.2 Å². The lowest BCUT2D eigenvalue weighted by atomic mass is 9.62. The minimum Gasteiger partial charge on any atom is -0.383 e. The molecule has 4 nitrogen and oxygen atoms in total.